The van der Waals surface area contributed by atoms with Gasteiger partial charge in [-0.05, 0) is 54.8 Å². The summed E-state index contributed by atoms with van der Waals surface area (Å²) in [5, 5.41) is 6.12. The third-order valence-corrected chi connectivity index (χ3v) is 6.53. The maximum Gasteiger partial charge on any atom is 0.323 e. The molecule has 0 bridgehead atoms. The quantitative estimate of drug-likeness (QED) is 0.363. The van der Waals surface area contributed by atoms with Gasteiger partial charge in [0.1, 0.15) is 11.0 Å². The van der Waals surface area contributed by atoms with E-state index in [0.29, 0.717) is 35.6 Å². The number of benzene rings is 2. The molecule has 0 atom stereocenters. The van der Waals surface area contributed by atoms with Crippen LogP contribution >= 0.6 is 23.4 Å². The minimum Gasteiger partial charge on any atom is -0.378 e. The van der Waals surface area contributed by atoms with Crippen molar-refractivity contribution in [1.29, 1.82) is 0 Å². The standard InChI is InChI=1S/C24H27ClN6O2S/c1-30(2)19-10-8-18(9-11-19)27-24(32)26-17-6-4-16(5-7-17)22-28-21(25)20(34-3)23(29-22)31-12-14-33-15-13-31/h4-11H,12-15H2,1-3H3,(H2,26,27,32). The van der Waals surface area contributed by atoms with E-state index in [-0.39, 0.29) is 6.03 Å². The number of ether oxygens (including phenoxy) is 1. The first-order valence-corrected chi connectivity index (χ1v) is 12.4. The smallest absolute Gasteiger partial charge is 0.323 e. The Balaban J connectivity index is 1.46. The van der Waals surface area contributed by atoms with E-state index in [0.717, 1.165) is 35.1 Å². The van der Waals surface area contributed by atoms with Gasteiger partial charge in [-0.3, -0.25) is 0 Å². The molecule has 3 aromatic rings. The van der Waals surface area contributed by atoms with Crippen LogP contribution in [0, 0.1) is 0 Å². The molecule has 10 heteroatoms. The minimum atomic E-state index is -0.316. The highest BCUT2D eigenvalue weighted by Gasteiger charge is 2.21. The molecule has 1 saturated heterocycles. The SMILES string of the molecule is CSc1c(Cl)nc(-c2ccc(NC(=O)Nc3ccc(N(C)C)cc3)cc2)nc1N1CCOCC1. The van der Waals surface area contributed by atoms with E-state index >= 15 is 0 Å². The molecule has 2 aromatic carbocycles. The van der Waals surface area contributed by atoms with Crippen molar-refractivity contribution in [2.75, 3.05) is 67.1 Å². The van der Waals surface area contributed by atoms with Crippen LogP contribution in [0.5, 0.6) is 0 Å². The summed E-state index contributed by atoms with van der Waals surface area (Å²) in [7, 11) is 3.94. The Morgan fingerprint density at radius 1 is 1.00 bits per heavy atom. The molecule has 34 heavy (non-hydrogen) atoms. The largest absolute Gasteiger partial charge is 0.378 e. The summed E-state index contributed by atoms with van der Waals surface area (Å²) in [5.41, 5.74) is 3.25. The van der Waals surface area contributed by atoms with Crippen LogP contribution in [-0.4, -0.2) is 62.7 Å². The molecule has 8 nitrogen and oxygen atoms in total. The van der Waals surface area contributed by atoms with Gasteiger partial charge in [-0.1, -0.05) is 11.6 Å². The number of anilines is 4. The lowest BCUT2D eigenvalue weighted by Gasteiger charge is -2.29. The van der Waals surface area contributed by atoms with Gasteiger partial charge in [-0.25, -0.2) is 14.8 Å². The highest BCUT2D eigenvalue weighted by atomic mass is 35.5. The zero-order valence-corrected chi connectivity index (χ0v) is 20.9. The van der Waals surface area contributed by atoms with Gasteiger partial charge in [0, 0.05) is 49.8 Å². The molecule has 0 unspecified atom stereocenters. The zero-order chi connectivity index (χ0) is 24.1. The number of urea groups is 1. The van der Waals surface area contributed by atoms with E-state index in [9.17, 15) is 4.79 Å². The van der Waals surface area contributed by atoms with E-state index < -0.39 is 0 Å². The maximum atomic E-state index is 12.4. The van der Waals surface area contributed by atoms with Crippen molar-refractivity contribution in [3.8, 4) is 11.4 Å². The molecular formula is C24H27ClN6O2S. The summed E-state index contributed by atoms with van der Waals surface area (Å²) >= 11 is 8.05. The minimum absolute atomic E-state index is 0.316. The summed E-state index contributed by atoms with van der Waals surface area (Å²) < 4.78 is 5.47. The number of hydrogen-bond donors (Lipinski definition) is 2. The van der Waals surface area contributed by atoms with Crippen molar-refractivity contribution in [3.05, 3.63) is 53.7 Å². The Bertz CT molecular complexity index is 1140. The Kier molecular flexibility index (Phi) is 7.77. The number of halogens is 1. The number of morpholine rings is 1. The van der Waals surface area contributed by atoms with Crippen LogP contribution in [0.4, 0.5) is 27.7 Å². The Hall–Kier alpha value is -3.01. The second-order valence-electron chi connectivity index (χ2n) is 7.89. The predicted octanol–water partition coefficient (Wildman–Crippen LogP) is 5.07. The molecule has 178 valence electrons. The molecule has 1 aromatic heterocycles. The first-order valence-electron chi connectivity index (χ1n) is 10.8. The van der Waals surface area contributed by atoms with Crippen LogP contribution in [0.25, 0.3) is 11.4 Å². The number of nitrogens with one attached hydrogen (secondary N) is 2. The number of nitrogens with zero attached hydrogens (tertiary/aromatic N) is 4. The van der Waals surface area contributed by atoms with Crippen molar-refractivity contribution in [3.63, 3.8) is 0 Å². The van der Waals surface area contributed by atoms with Crippen LogP contribution in [0.3, 0.4) is 0 Å². The van der Waals surface area contributed by atoms with E-state index in [1.807, 2.05) is 73.8 Å². The third kappa shape index (κ3) is 5.72. The molecule has 2 amide bonds. The van der Waals surface area contributed by atoms with E-state index in [1.54, 1.807) is 0 Å². The van der Waals surface area contributed by atoms with E-state index in [4.69, 9.17) is 21.3 Å². The number of carbonyl (C=O) groups excluding carboxylic acids is 1. The molecule has 0 spiro atoms. The lowest BCUT2D eigenvalue weighted by atomic mass is 10.2. The third-order valence-electron chi connectivity index (χ3n) is 5.36. The van der Waals surface area contributed by atoms with Crippen LogP contribution < -0.4 is 20.4 Å². The average Bonchev–Trinajstić information content (AvgIpc) is 2.85. The molecule has 0 radical (unpaired) electrons. The summed E-state index contributed by atoms with van der Waals surface area (Å²) in [5.74, 6) is 1.37. The van der Waals surface area contributed by atoms with Crippen molar-refractivity contribution in [1.82, 2.24) is 9.97 Å². The lowest BCUT2D eigenvalue weighted by molar-refractivity contribution is 0.122. The van der Waals surface area contributed by atoms with Crippen molar-refractivity contribution < 1.29 is 9.53 Å². The fourth-order valence-electron chi connectivity index (χ4n) is 3.55. The summed E-state index contributed by atoms with van der Waals surface area (Å²) in [6.45, 7) is 2.84. The van der Waals surface area contributed by atoms with Gasteiger partial charge in [-0.2, -0.15) is 0 Å². The monoisotopic (exact) mass is 498 g/mol. The fourth-order valence-corrected chi connectivity index (χ4v) is 4.51. The molecule has 4 rings (SSSR count). The number of hydrogen-bond acceptors (Lipinski definition) is 7. The number of rotatable bonds is 6. The first kappa shape index (κ1) is 24.1. The number of amides is 2. The lowest BCUT2D eigenvalue weighted by Crippen LogP contribution is -2.37. The average molecular weight is 499 g/mol. The predicted molar refractivity (Wildman–Crippen MR) is 141 cm³/mol. The highest BCUT2D eigenvalue weighted by Crippen LogP contribution is 2.35. The summed E-state index contributed by atoms with van der Waals surface area (Å²) in [4.78, 5) is 26.8. The Labute approximate surface area is 208 Å². The van der Waals surface area contributed by atoms with Crippen molar-refractivity contribution in [2.24, 2.45) is 0 Å². The van der Waals surface area contributed by atoms with Crippen molar-refractivity contribution >= 4 is 52.3 Å². The van der Waals surface area contributed by atoms with Crippen molar-refractivity contribution in [2.45, 2.75) is 4.90 Å². The normalized spacial score (nSPS) is 13.5. The van der Waals surface area contributed by atoms with E-state index in [2.05, 4.69) is 20.5 Å². The molecule has 1 fully saturated rings. The van der Waals surface area contributed by atoms with Gasteiger partial charge >= 0.3 is 6.03 Å². The Morgan fingerprint density at radius 2 is 1.59 bits per heavy atom. The van der Waals surface area contributed by atoms with Crippen LogP contribution in [0.2, 0.25) is 5.15 Å². The second-order valence-corrected chi connectivity index (χ2v) is 9.07. The topological polar surface area (TPSA) is 82.6 Å². The van der Waals surface area contributed by atoms with Gasteiger partial charge in [-0.15, -0.1) is 11.8 Å². The maximum absolute atomic E-state index is 12.4. The second kappa shape index (κ2) is 10.9. The van der Waals surface area contributed by atoms with Crippen LogP contribution in [0.15, 0.2) is 53.4 Å². The molecule has 1 aliphatic heterocycles. The van der Waals surface area contributed by atoms with Crippen LogP contribution in [0.1, 0.15) is 0 Å². The summed E-state index contributed by atoms with van der Waals surface area (Å²) in [6.07, 6.45) is 1.97. The molecule has 2 N–H and O–H groups in total. The number of thioether (sulfide) groups is 1. The highest BCUT2D eigenvalue weighted by molar-refractivity contribution is 7.98. The Morgan fingerprint density at radius 3 is 2.15 bits per heavy atom. The molecule has 2 heterocycles. The number of carbonyl (C=O) groups is 1. The van der Waals surface area contributed by atoms with Crippen LogP contribution in [-0.2, 0) is 4.74 Å². The summed E-state index contributed by atoms with van der Waals surface area (Å²) in [6, 6.07) is 14.7. The van der Waals surface area contributed by atoms with Gasteiger partial charge in [0.2, 0.25) is 0 Å². The van der Waals surface area contributed by atoms with E-state index in [1.165, 1.54) is 11.8 Å². The van der Waals surface area contributed by atoms with Gasteiger partial charge in [0.05, 0.1) is 18.1 Å². The fraction of sp³-hybridized carbons (Fsp3) is 0.292. The van der Waals surface area contributed by atoms with Gasteiger partial charge < -0.3 is 25.2 Å². The molecule has 0 aliphatic carbocycles. The molecule has 0 saturated carbocycles. The number of aromatic nitrogens is 2. The van der Waals surface area contributed by atoms with Gasteiger partial charge in [0.15, 0.2) is 5.82 Å². The zero-order valence-electron chi connectivity index (χ0n) is 19.3. The van der Waals surface area contributed by atoms with Gasteiger partial charge in [0.25, 0.3) is 0 Å². The first-order chi connectivity index (χ1) is 16.4. The molecular weight excluding hydrogens is 472 g/mol. The molecule has 1 aliphatic rings.